The van der Waals surface area contributed by atoms with E-state index in [-0.39, 0.29) is 11.4 Å². The highest BCUT2D eigenvalue weighted by molar-refractivity contribution is 6.39. The van der Waals surface area contributed by atoms with E-state index in [4.69, 9.17) is 46.4 Å². The van der Waals surface area contributed by atoms with Gasteiger partial charge in [-0.15, -0.1) is 10.2 Å². The Kier molecular flexibility index (Phi) is 6.02. The predicted octanol–water partition coefficient (Wildman–Crippen LogP) is 8.75. The quantitative estimate of drug-likeness (QED) is 0.319. The first-order chi connectivity index (χ1) is 11.8. The third kappa shape index (κ3) is 4.73. The summed E-state index contributed by atoms with van der Waals surface area (Å²) >= 11 is 22.9. The average molecular weight is 456 g/mol. The first-order valence-electron chi connectivity index (χ1n) is 6.35. The van der Waals surface area contributed by atoms with Gasteiger partial charge in [-0.1, -0.05) is 46.4 Å². The van der Waals surface area contributed by atoms with Crippen LogP contribution in [0, 0.1) is 0 Å². The number of hydrogen-bond acceptors (Lipinski definition) is 2. The maximum Gasteiger partial charge on any atom is 0.416 e. The molecule has 0 radical (unpaired) electrons. The largest absolute Gasteiger partial charge is 0.416 e. The Hall–Kier alpha value is -1.22. The lowest BCUT2D eigenvalue weighted by atomic mass is 10.2. The van der Waals surface area contributed by atoms with E-state index in [1.54, 1.807) is 0 Å². The van der Waals surface area contributed by atoms with Gasteiger partial charge in [0.25, 0.3) is 0 Å². The molecule has 0 aliphatic carbocycles. The summed E-state index contributed by atoms with van der Waals surface area (Å²) < 4.78 is 76.0. The summed E-state index contributed by atoms with van der Waals surface area (Å²) in [5, 5.41) is 5.25. The number of hydrogen-bond donors (Lipinski definition) is 0. The van der Waals surface area contributed by atoms with Crippen LogP contribution in [0.5, 0.6) is 0 Å². The second-order valence-electron chi connectivity index (χ2n) is 4.77. The summed E-state index contributed by atoms with van der Waals surface area (Å²) in [7, 11) is 0. The molecule has 0 heterocycles. The minimum absolute atomic E-state index is 0.326. The van der Waals surface area contributed by atoms with Crippen LogP contribution in [-0.4, -0.2) is 0 Å². The third-order valence-corrected chi connectivity index (χ3v) is 4.09. The van der Waals surface area contributed by atoms with Crippen LogP contribution < -0.4 is 0 Å². The van der Waals surface area contributed by atoms with Crippen molar-refractivity contribution >= 4 is 57.8 Å². The number of nitrogens with zero attached hydrogens (tertiary/aromatic N) is 2. The highest BCUT2D eigenvalue weighted by Crippen LogP contribution is 2.43. The Labute approximate surface area is 162 Å². The van der Waals surface area contributed by atoms with Crippen LogP contribution in [0.2, 0.25) is 20.1 Å². The van der Waals surface area contributed by atoms with Crippen LogP contribution >= 0.6 is 46.4 Å². The molecule has 0 fully saturated rings. The second kappa shape index (κ2) is 7.42. The molecule has 0 amide bonds. The van der Waals surface area contributed by atoms with Crippen molar-refractivity contribution in [3.8, 4) is 0 Å². The lowest BCUT2D eigenvalue weighted by molar-refractivity contribution is -0.138. The van der Waals surface area contributed by atoms with Gasteiger partial charge in [0, 0.05) is 0 Å². The molecule has 2 aromatic carbocycles. The van der Waals surface area contributed by atoms with Gasteiger partial charge in [-0.05, 0) is 24.3 Å². The minimum atomic E-state index is -4.68. The zero-order valence-corrected chi connectivity index (χ0v) is 15.0. The van der Waals surface area contributed by atoms with Crippen molar-refractivity contribution in [3.05, 3.63) is 55.5 Å². The van der Waals surface area contributed by atoms with E-state index in [9.17, 15) is 26.3 Å². The van der Waals surface area contributed by atoms with E-state index in [0.29, 0.717) is 24.3 Å². The van der Waals surface area contributed by atoms with E-state index in [1.165, 1.54) is 0 Å². The molecule has 0 aliphatic heterocycles. The Morgan fingerprint density at radius 2 is 0.769 bits per heavy atom. The molecule has 2 nitrogen and oxygen atoms in total. The summed E-state index contributed by atoms with van der Waals surface area (Å²) in [4.78, 5) is 0. The molecule has 2 aromatic rings. The van der Waals surface area contributed by atoms with Crippen molar-refractivity contribution < 1.29 is 26.3 Å². The molecular formula is C14H4Cl4F6N2. The SMILES string of the molecule is FC(F)(F)c1cc(Cl)c(N=Nc2c(Cl)cc(C(F)(F)F)cc2Cl)c(Cl)c1. The first-order valence-corrected chi connectivity index (χ1v) is 7.86. The molecule has 0 unspecified atom stereocenters. The van der Waals surface area contributed by atoms with Crippen molar-refractivity contribution in [2.24, 2.45) is 10.2 Å². The zero-order valence-electron chi connectivity index (χ0n) is 12.0. The van der Waals surface area contributed by atoms with Crippen molar-refractivity contribution in [1.82, 2.24) is 0 Å². The van der Waals surface area contributed by atoms with Gasteiger partial charge >= 0.3 is 12.4 Å². The van der Waals surface area contributed by atoms with Gasteiger partial charge in [-0.3, -0.25) is 0 Å². The monoisotopic (exact) mass is 454 g/mol. The Balaban J connectivity index is 2.45. The van der Waals surface area contributed by atoms with Crippen LogP contribution in [0.1, 0.15) is 11.1 Å². The highest BCUT2D eigenvalue weighted by Gasteiger charge is 2.33. The van der Waals surface area contributed by atoms with Gasteiger partial charge in [0.2, 0.25) is 0 Å². The standard InChI is InChI=1S/C14H4Cl4F6N2/c15-7-1-5(13(19,20)21)2-8(16)11(7)25-26-12-9(17)3-6(4-10(12)18)14(22,23)24/h1-4H. The summed E-state index contributed by atoms with van der Waals surface area (Å²) in [6.45, 7) is 0. The molecule has 0 spiro atoms. The topological polar surface area (TPSA) is 24.7 Å². The average Bonchev–Trinajstić information content (AvgIpc) is 2.46. The van der Waals surface area contributed by atoms with Gasteiger partial charge in [0.15, 0.2) is 0 Å². The van der Waals surface area contributed by atoms with Gasteiger partial charge in [-0.2, -0.15) is 26.3 Å². The van der Waals surface area contributed by atoms with E-state index in [2.05, 4.69) is 10.2 Å². The lowest BCUT2D eigenvalue weighted by Crippen LogP contribution is -2.04. The maximum absolute atomic E-state index is 12.7. The molecule has 0 N–H and O–H groups in total. The molecule has 140 valence electrons. The van der Waals surface area contributed by atoms with E-state index in [0.717, 1.165) is 0 Å². The smallest absolute Gasteiger partial charge is 0.166 e. The predicted molar refractivity (Wildman–Crippen MR) is 87.1 cm³/mol. The second-order valence-corrected chi connectivity index (χ2v) is 6.40. The fourth-order valence-corrected chi connectivity index (χ4v) is 2.87. The van der Waals surface area contributed by atoms with Crippen LogP contribution in [0.15, 0.2) is 34.5 Å². The van der Waals surface area contributed by atoms with Crippen molar-refractivity contribution in [2.75, 3.05) is 0 Å². The Morgan fingerprint density at radius 1 is 0.538 bits per heavy atom. The van der Waals surface area contributed by atoms with Gasteiger partial charge < -0.3 is 0 Å². The molecular weight excluding hydrogens is 452 g/mol. The fraction of sp³-hybridized carbons (Fsp3) is 0.143. The van der Waals surface area contributed by atoms with E-state index >= 15 is 0 Å². The van der Waals surface area contributed by atoms with Crippen LogP contribution in [-0.2, 0) is 12.4 Å². The maximum atomic E-state index is 12.7. The Morgan fingerprint density at radius 3 is 0.962 bits per heavy atom. The molecule has 0 bridgehead atoms. The molecule has 0 saturated carbocycles. The van der Waals surface area contributed by atoms with Crippen molar-refractivity contribution in [2.45, 2.75) is 12.4 Å². The van der Waals surface area contributed by atoms with Gasteiger partial charge in [0.05, 0.1) is 31.2 Å². The summed E-state index contributed by atoms with van der Waals surface area (Å²) in [5.41, 5.74) is -2.85. The molecule has 0 atom stereocenters. The molecule has 0 saturated heterocycles. The minimum Gasteiger partial charge on any atom is -0.166 e. The summed E-state index contributed by atoms with van der Waals surface area (Å²) in [6, 6.07) is 2.32. The van der Waals surface area contributed by atoms with E-state index in [1.807, 2.05) is 0 Å². The Bertz CT molecular complexity index is 759. The first kappa shape index (κ1) is 21.1. The van der Waals surface area contributed by atoms with Crippen molar-refractivity contribution in [1.29, 1.82) is 0 Å². The number of alkyl halides is 6. The fourth-order valence-electron chi connectivity index (χ4n) is 1.75. The number of halogens is 10. The molecule has 0 aromatic heterocycles. The summed E-state index contributed by atoms with van der Waals surface area (Å²) in [5.74, 6) is 0. The van der Waals surface area contributed by atoms with Crippen molar-refractivity contribution in [3.63, 3.8) is 0 Å². The molecule has 12 heteroatoms. The summed E-state index contributed by atoms with van der Waals surface area (Å²) in [6.07, 6.45) is -9.36. The number of benzene rings is 2. The van der Waals surface area contributed by atoms with Gasteiger partial charge in [0.1, 0.15) is 11.4 Å². The van der Waals surface area contributed by atoms with E-state index < -0.39 is 43.6 Å². The normalized spacial score (nSPS) is 12.8. The highest BCUT2D eigenvalue weighted by atomic mass is 35.5. The molecule has 2 rings (SSSR count). The van der Waals surface area contributed by atoms with Gasteiger partial charge in [-0.25, -0.2) is 0 Å². The number of azo groups is 1. The lowest BCUT2D eigenvalue weighted by Gasteiger charge is -2.10. The molecule has 26 heavy (non-hydrogen) atoms. The zero-order chi connectivity index (χ0) is 19.9. The molecule has 0 aliphatic rings. The third-order valence-electron chi connectivity index (χ3n) is 2.94. The van der Waals surface area contributed by atoms with Crippen LogP contribution in [0.3, 0.4) is 0 Å². The van der Waals surface area contributed by atoms with Crippen LogP contribution in [0.25, 0.3) is 0 Å². The number of rotatable bonds is 2. The van der Waals surface area contributed by atoms with Crippen LogP contribution in [0.4, 0.5) is 37.7 Å².